The number of benzene rings is 1. The van der Waals surface area contributed by atoms with E-state index in [9.17, 15) is 4.79 Å². The van der Waals surface area contributed by atoms with Crippen LogP contribution in [0.1, 0.15) is 23.9 Å². The molecule has 0 saturated carbocycles. The summed E-state index contributed by atoms with van der Waals surface area (Å²) in [6, 6.07) is 5.06. The van der Waals surface area contributed by atoms with Gasteiger partial charge in [0.2, 0.25) is 5.91 Å². The first kappa shape index (κ1) is 18.8. The number of anilines is 1. The van der Waals surface area contributed by atoms with Gasteiger partial charge in [-0.1, -0.05) is 29.3 Å². The van der Waals surface area contributed by atoms with E-state index in [1.54, 1.807) is 16.8 Å². The van der Waals surface area contributed by atoms with Crippen LogP contribution in [0.2, 0.25) is 10.0 Å². The van der Waals surface area contributed by atoms with Gasteiger partial charge in [-0.2, -0.15) is 5.10 Å². The summed E-state index contributed by atoms with van der Waals surface area (Å²) in [7, 11) is 3.74. The fourth-order valence-electron chi connectivity index (χ4n) is 2.44. The number of carbonyl (C=O) groups is 1. The van der Waals surface area contributed by atoms with Gasteiger partial charge in [-0.05, 0) is 45.5 Å². The third kappa shape index (κ3) is 4.09. The van der Waals surface area contributed by atoms with E-state index in [1.165, 1.54) is 0 Å². The number of carbonyl (C=O) groups excluding carboxylic acids is 1. The van der Waals surface area contributed by atoms with E-state index in [0.717, 1.165) is 22.6 Å². The largest absolute Gasteiger partial charge is 0.322 e. The number of nitrogens with one attached hydrogen (secondary N) is 1. The number of aromatic nitrogens is 2. The van der Waals surface area contributed by atoms with Gasteiger partial charge in [-0.3, -0.25) is 14.4 Å². The van der Waals surface area contributed by atoms with Crippen LogP contribution in [0.4, 0.5) is 5.69 Å². The lowest BCUT2D eigenvalue weighted by Crippen LogP contribution is -2.39. The van der Waals surface area contributed by atoms with Crippen LogP contribution in [0.3, 0.4) is 0 Å². The van der Waals surface area contributed by atoms with Crippen molar-refractivity contribution in [2.45, 2.75) is 33.4 Å². The van der Waals surface area contributed by atoms with Crippen LogP contribution in [-0.2, 0) is 18.4 Å². The average molecular weight is 369 g/mol. The molecule has 24 heavy (non-hydrogen) atoms. The van der Waals surface area contributed by atoms with Crippen molar-refractivity contribution in [3.63, 3.8) is 0 Å². The minimum atomic E-state index is -0.323. The second kappa shape index (κ2) is 7.55. The SMILES string of the molecule is Cc1nn(C)c(C)c1NC(=O)[C@H](C)N(C)Cc1ccc(Cl)cc1Cl. The molecule has 0 spiro atoms. The maximum absolute atomic E-state index is 12.6. The summed E-state index contributed by atoms with van der Waals surface area (Å²) in [5, 5.41) is 8.48. The average Bonchev–Trinajstić information content (AvgIpc) is 2.75. The fraction of sp³-hybridized carbons (Fsp3) is 0.412. The Kier molecular flexibility index (Phi) is 5.91. The van der Waals surface area contributed by atoms with Crippen molar-refractivity contribution in [1.82, 2.24) is 14.7 Å². The van der Waals surface area contributed by atoms with E-state index in [1.807, 2.05) is 45.8 Å². The number of likely N-dealkylation sites (N-methyl/N-ethyl adjacent to an activating group) is 1. The summed E-state index contributed by atoms with van der Waals surface area (Å²) in [5.41, 5.74) is 3.43. The van der Waals surface area contributed by atoms with Gasteiger partial charge in [0.1, 0.15) is 0 Å². The zero-order chi connectivity index (χ0) is 18.0. The minimum absolute atomic E-state index is 0.0817. The molecule has 0 bridgehead atoms. The molecule has 1 atom stereocenters. The molecule has 1 heterocycles. The van der Waals surface area contributed by atoms with Crippen molar-refractivity contribution >= 4 is 34.8 Å². The number of amides is 1. The fourth-order valence-corrected chi connectivity index (χ4v) is 2.91. The summed E-state index contributed by atoms with van der Waals surface area (Å²) >= 11 is 12.1. The van der Waals surface area contributed by atoms with Crippen LogP contribution in [0, 0.1) is 13.8 Å². The lowest BCUT2D eigenvalue weighted by atomic mass is 10.2. The molecular weight excluding hydrogens is 347 g/mol. The Morgan fingerprint density at radius 3 is 2.58 bits per heavy atom. The molecule has 1 aromatic carbocycles. The van der Waals surface area contributed by atoms with Crippen molar-refractivity contribution in [2.24, 2.45) is 7.05 Å². The van der Waals surface area contributed by atoms with Gasteiger partial charge in [0.05, 0.1) is 23.1 Å². The molecule has 0 radical (unpaired) electrons. The zero-order valence-corrected chi connectivity index (χ0v) is 16.0. The second-order valence-corrected chi connectivity index (χ2v) is 6.83. The molecule has 1 N–H and O–H groups in total. The van der Waals surface area contributed by atoms with Crippen molar-refractivity contribution in [2.75, 3.05) is 12.4 Å². The topological polar surface area (TPSA) is 50.2 Å². The molecule has 0 aliphatic carbocycles. The maximum atomic E-state index is 12.6. The van der Waals surface area contributed by atoms with E-state index in [4.69, 9.17) is 23.2 Å². The van der Waals surface area contributed by atoms with Crippen LogP contribution >= 0.6 is 23.2 Å². The van der Waals surface area contributed by atoms with Crippen molar-refractivity contribution in [1.29, 1.82) is 0 Å². The molecule has 1 amide bonds. The summed E-state index contributed by atoms with van der Waals surface area (Å²) < 4.78 is 1.76. The monoisotopic (exact) mass is 368 g/mol. The van der Waals surface area contributed by atoms with Gasteiger partial charge in [-0.15, -0.1) is 0 Å². The van der Waals surface area contributed by atoms with Crippen LogP contribution in [-0.4, -0.2) is 33.7 Å². The Hall–Kier alpha value is -1.56. The molecule has 7 heteroatoms. The number of halogens is 2. The van der Waals surface area contributed by atoms with E-state index in [-0.39, 0.29) is 11.9 Å². The highest BCUT2D eigenvalue weighted by atomic mass is 35.5. The Bertz CT molecular complexity index is 757. The third-order valence-corrected chi connectivity index (χ3v) is 4.82. The first-order chi connectivity index (χ1) is 11.2. The molecule has 130 valence electrons. The Balaban J connectivity index is 2.06. The van der Waals surface area contributed by atoms with Crippen LogP contribution < -0.4 is 5.32 Å². The first-order valence-electron chi connectivity index (χ1n) is 7.66. The van der Waals surface area contributed by atoms with E-state index in [0.29, 0.717) is 16.6 Å². The van der Waals surface area contributed by atoms with E-state index in [2.05, 4.69) is 10.4 Å². The maximum Gasteiger partial charge on any atom is 0.241 e. The third-order valence-electron chi connectivity index (χ3n) is 4.23. The molecule has 0 unspecified atom stereocenters. The summed E-state index contributed by atoms with van der Waals surface area (Å²) in [6.07, 6.45) is 0. The molecule has 2 aromatic rings. The number of aryl methyl sites for hydroxylation is 2. The quantitative estimate of drug-likeness (QED) is 0.872. The molecule has 0 fully saturated rings. The highest BCUT2D eigenvalue weighted by Crippen LogP contribution is 2.23. The molecule has 0 aliphatic rings. The Morgan fingerprint density at radius 2 is 2.04 bits per heavy atom. The number of nitrogens with zero attached hydrogens (tertiary/aromatic N) is 3. The van der Waals surface area contributed by atoms with Gasteiger partial charge in [-0.25, -0.2) is 0 Å². The van der Waals surface area contributed by atoms with Gasteiger partial charge in [0, 0.05) is 23.6 Å². The van der Waals surface area contributed by atoms with Gasteiger partial charge in [0.15, 0.2) is 0 Å². The highest BCUT2D eigenvalue weighted by Gasteiger charge is 2.21. The zero-order valence-electron chi connectivity index (χ0n) is 14.5. The minimum Gasteiger partial charge on any atom is -0.322 e. The van der Waals surface area contributed by atoms with Gasteiger partial charge < -0.3 is 5.32 Å². The molecular formula is C17H22Cl2N4O. The summed E-state index contributed by atoms with van der Waals surface area (Å²) in [6.45, 7) is 6.22. The van der Waals surface area contributed by atoms with Crippen molar-refractivity contribution in [3.8, 4) is 0 Å². The standard InChI is InChI=1S/C17H22Cl2N4O/c1-10-16(11(2)23(5)21-10)20-17(24)12(3)22(4)9-13-6-7-14(18)8-15(13)19/h6-8,12H,9H2,1-5H3,(H,20,24)/t12-/m0/s1. The van der Waals surface area contributed by atoms with Crippen LogP contribution in [0.25, 0.3) is 0 Å². The number of rotatable bonds is 5. The molecule has 0 aliphatic heterocycles. The van der Waals surface area contributed by atoms with E-state index >= 15 is 0 Å². The van der Waals surface area contributed by atoms with Crippen LogP contribution in [0.5, 0.6) is 0 Å². The van der Waals surface area contributed by atoms with E-state index < -0.39 is 0 Å². The summed E-state index contributed by atoms with van der Waals surface area (Å²) in [5.74, 6) is -0.0817. The highest BCUT2D eigenvalue weighted by molar-refractivity contribution is 6.35. The molecule has 5 nitrogen and oxygen atoms in total. The number of hydrogen-bond acceptors (Lipinski definition) is 3. The first-order valence-corrected chi connectivity index (χ1v) is 8.41. The normalized spacial score (nSPS) is 12.5. The number of hydrogen-bond donors (Lipinski definition) is 1. The predicted octanol–water partition coefficient (Wildman–Crippen LogP) is 3.80. The lowest BCUT2D eigenvalue weighted by Gasteiger charge is -2.24. The lowest BCUT2D eigenvalue weighted by molar-refractivity contribution is -0.120. The molecule has 0 saturated heterocycles. The van der Waals surface area contributed by atoms with Crippen molar-refractivity contribution < 1.29 is 4.79 Å². The Labute approximate surface area is 152 Å². The molecule has 1 aromatic heterocycles. The predicted molar refractivity (Wildman–Crippen MR) is 98.7 cm³/mol. The van der Waals surface area contributed by atoms with Crippen LogP contribution in [0.15, 0.2) is 18.2 Å². The smallest absolute Gasteiger partial charge is 0.241 e. The van der Waals surface area contributed by atoms with Gasteiger partial charge >= 0.3 is 0 Å². The second-order valence-electron chi connectivity index (χ2n) is 5.99. The molecule has 2 rings (SSSR count). The van der Waals surface area contributed by atoms with Crippen molar-refractivity contribution in [3.05, 3.63) is 45.2 Å². The summed E-state index contributed by atoms with van der Waals surface area (Å²) in [4.78, 5) is 14.5. The Morgan fingerprint density at radius 1 is 1.38 bits per heavy atom. The van der Waals surface area contributed by atoms with Gasteiger partial charge in [0.25, 0.3) is 0 Å².